The third-order valence-electron chi connectivity index (χ3n) is 5.68. The van der Waals surface area contributed by atoms with Crippen molar-refractivity contribution in [3.05, 3.63) is 71.7 Å². The number of aliphatic hydroxyl groups is 1. The molecule has 1 aliphatic heterocycles. The Hall–Kier alpha value is -3.58. The maximum atomic E-state index is 13.0. The van der Waals surface area contributed by atoms with E-state index in [4.69, 9.17) is 9.15 Å². The highest BCUT2D eigenvalue weighted by atomic mass is 16.5. The van der Waals surface area contributed by atoms with Crippen LogP contribution in [0.4, 0.5) is 0 Å². The van der Waals surface area contributed by atoms with Crippen molar-refractivity contribution in [3.63, 3.8) is 0 Å². The molecule has 1 fully saturated rings. The van der Waals surface area contributed by atoms with Gasteiger partial charge >= 0.3 is 0 Å². The lowest BCUT2D eigenvalue weighted by molar-refractivity contribution is -0.140. The van der Waals surface area contributed by atoms with Crippen LogP contribution in [0.2, 0.25) is 0 Å². The molecule has 1 aliphatic rings. The maximum Gasteiger partial charge on any atom is 0.295 e. The minimum Gasteiger partial charge on any atom is -0.507 e. The fraction of sp³-hybridized carbons (Fsp3) is 0.280. The third-order valence-corrected chi connectivity index (χ3v) is 5.68. The molecule has 1 saturated heterocycles. The molecule has 166 valence electrons. The Labute approximate surface area is 186 Å². The first kappa shape index (κ1) is 21.6. The highest BCUT2D eigenvalue weighted by molar-refractivity contribution is 6.46. The van der Waals surface area contributed by atoms with Crippen LogP contribution in [0, 0.1) is 0 Å². The largest absolute Gasteiger partial charge is 0.507 e. The van der Waals surface area contributed by atoms with E-state index in [1.54, 1.807) is 31.4 Å². The van der Waals surface area contributed by atoms with Crippen LogP contribution in [0.25, 0.3) is 16.5 Å². The Morgan fingerprint density at radius 1 is 1.12 bits per heavy atom. The number of Topliss-reactive ketones (excluding diaryl/α,β-unsaturated/α-hetero) is 1. The van der Waals surface area contributed by atoms with Gasteiger partial charge in [-0.2, -0.15) is 0 Å². The van der Waals surface area contributed by atoms with Crippen LogP contribution in [-0.4, -0.2) is 60.9 Å². The summed E-state index contributed by atoms with van der Waals surface area (Å²) >= 11 is 0. The van der Waals surface area contributed by atoms with Gasteiger partial charge in [0.2, 0.25) is 0 Å². The number of ketones is 1. The number of carbonyl (C=O) groups excluding carboxylic acids is 2. The number of fused-ring (bicyclic) bond motifs is 1. The summed E-state index contributed by atoms with van der Waals surface area (Å²) in [6.45, 7) is 1.14. The Bertz CT molecular complexity index is 1180. The van der Waals surface area contributed by atoms with E-state index in [2.05, 4.69) is 0 Å². The number of methoxy groups -OCH3 is 1. The molecule has 0 saturated carbocycles. The summed E-state index contributed by atoms with van der Waals surface area (Å²) in [5, 5.41) is 13.0. The molecular weight excluding hydrogens is 408 g/mol. The van der Waals surface area contributed by atoms with E-state index in [-0.39, 0.29) is 11.3 Å². The summed E-state index contributed by atoms with van der Waals surface area (Å²) < 4.78 is 10.8. The second kappa shape index (κ2) is 8.88. The Morgan fingerprint density at radius 3 is 2.56 bits per heavy atom. The molecule has 1 aromatic heterocycles. The molecule has 0 radical (unpaired) electrons. The zero-order chi connectivity index (χ0) is 22.8. The van der Waals surface area contributed by atoms with Gasteiger partial charge in [0.15, 0.2) is 0 Å². The molecule has 0 spiro atoms. The highest BCUT2D eigenvalue weighted by Crippen LogP contribution is 2.40. The lowest BCUT2D eigenvalue weighted by atomic mass is 9.97. The van der Waals surface area contributed by atoms with Gasteiger partial charge in [0.05, 0.1) is 18.9 Å². The minimum atomic E-state index is -0.765. The molecule has 2 heterocycles. The van der Waals surface area contributed by atoms with Crippen LogP contribution in [0.1, 0.15) is 23.8 Å². The Kier molecular flexibility index (Phi) is 6.01. The molecule has 0 bridgehead atoms. The van der Waals surface area contributed by atoms with E-state index >= 15 is 0 Å². The highest BCUT2D eigenvalue weighted by Gasteiger charge is 2.47. The molecule has 4 rings (SSSR count). The molecule has 1 atom stereocenters. The number of ether oxygens (including phenoxy) is 1. The lowest BCUT2D eigenvalue weighted by Gasteiger charge is -2.24. The predicted molar refractivity (Wildman–Crippen MR) is 121 cm³/mol. The average Bonchev–Trinajstić information content (AvgIpc) is 3.40. The van der Waals surface area contributed by atoms with E-state index in [0.29, 0.717) is 24.3 Å². The fourth-order valence-electron chi connectivity index (χ4n) is 4.06. The van der Waals surface area contributed by atoms with Crippen molar-refractivity contribution < 1.29 is 23.8 Å². The van der Waals surface area contributed by atoms with Crippen LogP contribution in [0.3, 0.4) is 0 Å². The van der Waals surface area contributed by atoms with Crippen molar-refractivity contribution in [2.75, 3.05) is 34.3 Å². The van der Waals surface area contributed by atoms with E-state index < -0.39 is 17.7 Å². The first-order valence-electron chi connectivity index (χ1n) is 10.5. The first-order valence-corrected chi connectivity index (χ1v) is 10.5. The Balaban J connectivity index is 1.77. The number of furan rings is 1. The quantitative estimate of drug-likeness (QED) is 0.346. The van der Waals surface area contributed by atoms with Crippen molar-refractivity contribution in [2.24, 2.45) is 0 Å². The van der Waals surface area contributed by atoms with Crippen LogP contribution in [-0.2, 0) is 9.59 Å². The Morgan fingerprint density at radius 2 is 1.88 bits per heavy atom. The molecule has 0 aliphatic carbocycles. The number of carbonyl (C=O) groups is 2. The van der Waals surface area contributed by atoms with Gasteiger partial charge in [-0.15, -0.1) is 0 Å². The summed E-state index contributed by atoms with van der Waals surface area (Å²) in [6, 6.07) is 13.6. The zero-order valence-electron chi connectivity index (χ0n) is 18.4. The topological polar surface area (TPSA) is 83.2 Å². The number of hydrogen-bond acceptors (Lipinski definition) is 6. The molecule has 2 aromatic carbocycles. The van der Waals surface area contributed by atoms with Crippen LogP contribution >= 0.6 is 0 Å². The van der Waals surface area contributed by atoms with Crippen molar-refractivity contribution in [3.8, 4) is 5.75 Å². The number of hydrogen-bond donors (Lipinski definition) is 1. The molecular formula is C25H26N2O5. The monoisotopic (exact) mass is 434 g/mol. The predicted octanol–water partition coefficient (Wildman–Crippen LogP) is 3.81. The first-order chi connectivity index (χ1) is 15.4. The van der Waals surface area contributed by atoms with Crippen molar-refractivity contribution >= 4 is 28.2 Å². The summed E-state index contributed by atoms with van der Waals surface area (Å²) in [5.41, 5.74) is 0.508. The van der Waals surface area contributed by atoms with Gasteiger partial charge in [-0.3, -0.25) is 9.59 Å². The average molecular weight is 434 g/mol. The number of nitrogens with zero attached hydrogens (tertiary/aromatic N) is 2. The SMILES string of the molecule is COc1ccc2cc(/C(O)=C3\C(=O)C(=O)N(CCCN(C)C)C3c3ccco3)ccc2c1. The van der Waals surface area contributed by atoms with Crippen molar-refractivity contribution in [2.45, 2.75) is 12.5 Å². The lowest BCUT2D eigenvalue weighted by Crippen LogP contribution is -2.32. The molecule has 7 nitrogen and oxygen atoms in total. The van der Waals surface area contributed by atoms with Gasteiger partial charge in [0, 0.05) is 12.1 Å². The second-order valence-electron chi connectivity index (χ2n) is 8.09. The molecule has 1 amide bonds. The minimum absolute atomic E-state index is 0.0441. The summed E-state index contributed by atoms with van der Waals surface area (Å²) in [6.07, 6.45) is 2.19. The summed E-state index contributed by atoms with van der Waals surface area (Å²) in [5.74, 6) is -0.366. The van der Waals surface area contributed by atoms with E-state index in [9.17, 15) is 14.7 Å². The number of benzene rings is 2. The second-order valence-corrected chi connectivity index (χ2v) is 8.09. The van der Waals surface area contributed by atoms with Gasteiger partial charge in [-0.1, -0.05) is 18.2 Å². The number of rotatable bonds is 7. The van der Waals surface area contributed by atoms with E-state index in [1.165, 1.54) is 11.2 Å². The van der Waals surface area contributed by atoms with Gasteiger partial charge in [0.1, 0.15) is 23.3 Å². The van der Waals surface area contributed by atoms with Crippen LogP contribution < -0.4 is 4.74 Å². The van der Waals surface area contributed by atoms with Crippen molar-refractivity contribution in [1.82, 2.24) is 9.80 Å². The van der Waals surface area contributed by atoms with Gasteiger partial charge in [-0.05, 0) is 68.2 Å². The summed E-state index contributed by atoms with van der Waals surface area (Å²) in [7, 11) is 5.51. The number of aliphatic hydroxyl groups excluding tert-OH is 1. The van der Waals surface area contributed by atoms with Crippen LogP contribution in [0.5, 0.6) is 5.75 Å². The smallest absolute Gasteiger partial charge is 0.295 e. The van der Waals surface area contributed by atoms with Gasteiger partial charge in [-0.25, -0.2) is 0 Å². The van der Waals surface area contributed by atoms with E-state index in [0.717, 1.165) is 23.1 Å². The van der Waals surface area contributed by atoms with Gasteiger partial charge in [0.25, 0.3) is 11.7 Å². The molecule has 1 unspecified atom stereocenters. The number of amides is 1. The molecule has 32 heavy (non-hydrogen) atoms. The molecule has 3 aromatic rings. The molecule has 1 N–H and O–H groups in total. The standard InChI is InChI=1S/C25H26N2O5/c1-26(2)11-5-12-27-22(20-6-4-13-32-20)21(24(29)25(27)30)23(28)18-8-7-17-15-19(31-3)10-9-16(17)14-18/h4,6-10,13-15,22,28H,5,11-12H2,1-3H3/b23-21+. The van der Waals surface area contributed by atoms with Crippen molar-refractivity contribution in [1.29, 1.82) is 0 Å². The number of likely N-dealkylation sites (tertiary alicyclic amines) is 1. The van der Waals surface area contributed by atoms with Crippen LogP contribution in [0.15, 0.2) is 64.8 Å². The molecule has 7 heteroatoms. The zero-order valence-corrected chi connectivity index (χ0v) is 18.4. The third kappa shape index (κ3) is 3.99. The summed E-state index contributed by atoms with van der Waals surface area (Å²) in [4.78, 5) is 29.4. The van der Waals surface area contributed by atoms with Gasteiger partial charge < -0.3 is 24.1 Å². The van der Waals surface area contributed by atoms with E-state index in [1.807, 2.05) is 43.3 Å². The normalized spacial score (nSPS) is 18.1. The maximum absolute atomic E-state index is 13.0. The fourth-order valence-corrected chi connectivity index (χ4v) is 4.06.